The van der Waals surface area contributed by atoms with Crippen LogP contribution in [-0.2, 0) is 9.59 Å². The Bertz CT molecular complexity index is 623. The molecule has 0 unspecified atom stereocenters. The zero-order chi connectivity index (χ0) is 16.2. The molecule has 0 saturated carbocycles. The van der Waals surface area contributed by atoms with Crippen molar-refractivity contribution in [2.45, 2.75) is 38.1 Å². The van der Waals surface area contributed by atoms with E-state index in [1.165, 1.54) is 6.42 Å². The Morgan fingerprint density at radius 3 is 2.65 bits per heavy atom. The molecule has 0 spiro atoms. The summed E-state index contributed by atoms with van der Waals surface area (Å²) in [4.78, 5) is 38.5. The molecular weight excluding hydrogens is 294 g/mol. The minimum absolute atomic E-state index is 0.0634. The van der Waals surface area contributed by atoms with Gasteiger partial charge < -0.3 is 15.5 Å². The van der Waals surface area contributed by atoms with Crippen LogP contribution in [0.5, 0.6) is 0 Å². The third-order valence-corrected chi connectivity index (χ3v) is 4.41. The molecule has 2 aliphatic heterocycles. The van der Waals surface area contributed by atoms with E-state index in [-0.39, 0.29) is 24.1 Å². The lowest BCUT2D eigenvalue weighted by Gasteiger charge is -2.27. The first-order valence-electron chi connectivity index (χ1n) is 8.13. The molecule has 2 heterocycles. The Morgan fingerprint density at radius 2 is 1.87 bits per heavy atom. The average Bonchev–Trinajstić information content (AvgIpc) is 2.70. The Balaban J connectivity index is 1.61. The van der Waals surface area contributed by atoms with Gasteiger partial charge in [0.15, 0.2) is 0 Å². The molecule has 6 heteroatoms. The molecule has 0 aromatic heterocycles. The summed E-state index contributed by atoms with van der Waals surface area (Å²) in [5.74, 6) is -0.488. The highest BCUT2D eigenvalue weighted by atomic mass is 16.2. The largest absolute Gasteiger partial charge is 0.343 e. The van der Waals surface area contributed by atoms with Crippen LogP contribution in [0.1, 0.15) is 42.5 Å². The minimum atomic E-state index is -0.677. The number of likely N-dealkylation sites (tertiary alicyclic amines) is 1. The number of nitrogens with zero attached hydrogens (tertiary/aromatic N) is 1. The van der Waals surface area contributed by atoms with Crippen molar-refractivity contribution in [3.63, 3.8) is 0 Å². The number of fused-ring (bicyclic) bond motifs is 1. The molecule has 0 radical (unpaired) electrons. The first kappa shape index (κ1) is 15.5. The summed E-state index contributed by atoms with van der Waals surface area (Å²) in [7, 11) is 0. The van der Waals surface area contributed by atoms with Crippen molar-refractivity contribution in [2.24, 2.45) is 0 Å². The minimum Gasteiger partial charge on any atom is -0.343 e. The van der Waals surface area contributed by atoms with Crippen molar-refractivity contribution in [2.75, 3.05) is 18.4 Å². The predicted octanol–water partition coefficient (Wildman–Crippen LogP) is 1.53. The van der Waals surface area contributed by atoms with Crippen LogP contribution in [0.3, 0.4) is 0 Å². The maximum atomic E-state index is 12.3. The lowest BCUT2D eigenvalue weighted by Crippen LogP contribution is -2.42. The third kappa shape index (κ3) is 3.52. The molecule has 1 atom stereocenters. The lowest BCUT2D eigenvalue weighted by molar-refractivity contribution is -0.132. The van der Waals surface area contributed by atoms with E-state index in [2.05, 4.69) is 10.6 Å². The monoisotopic (exact) mass is 315 g/mol. The van der Waals surface area contributed by atoms with Crippen LogP contribution in [0, 0.1) is 0 Å². The summed E-state index contributed by atoms with van der Waals surface area (Å²) in [6.07, 6.45) is 3.85. The van der Waals surface area contributed by atoms with Gasteiger partial charge in [0.2, 0.25) is 11.8 Å². The van der Waals surface area contributed by atoms with Gasteiger partial charge in [0.25, 0.3) is 5.91 Å². The molecule has 0 bridgehead atoms. The van der Waals surface area contributed by atoms with Crippen molar-refractivity contribution < 1.29 is 14.4 Å². The molecule has 122 valence electrons. The molecule has 1 saturated heterocycles. The highest BCUT2D eigenvalue weighted by Gasteiger charge is 2.28. The second-order valence-electron chi connectivity index (χ2n) is 6.04. The maximum Gasteiger partial charge on any atom is 0.254 e. The van der Waals surface area contributed by atoms with E-state index < -0.39 is 6.04 Å². The van der Waals surface area contributed by atoms with Crippen LogP contribution in [-0.4, -0.2) is 41.8 Å². The molecule has 23 heavy (non-hydrogen) atoms. The van der Waals surface area contributed by atoms with E-state index in [1.54, 1.807) is 24.3 Å². The topological polar surface area (TPSA) is 78.5 Å². The van der Waals surface area contributed by atoms with Crippen molar-refractivity contribution in [3.05, 3.63) is 29.8 Å². The van der Waals surface area contributed by atoms with Crippen LogP contribution < -0.4 is 10.6 Å². The van der Waals surface area contributed by atoms with Gasteiger partial charge in [0.05, 0.1) is 11.3 Å². The molecule has 3 amide bonds. The normalized spacial score (nSPS) is 21.0. The molecule has 1 fully saturated rings. The highest BCUT2D eigenvalue weighted by molar-refractivity contribution is 6.09. The second-order valence-corrected chi connectivity index (χ2v) is 6.04. The predicted molar refractivity (Wildman–Crippen MR) is 86.0 cm³/mol. The number of hydrogen-bond acceptors (Lipinski definition) is 3. The molecule has 0 aliphatic carbocycles. The molecule has 6 nitrogen and oxygen atoms in total. The number of hydrogen-bond donors (Lipinski definition) is 2. The van der Waals surface area contributed by atoms with Crippen LogP contribution in [0.15, 0.2) is 24.3 Å². The summed E-state index contributed by atoms with van der Waals surface area (Å²) < 4.78 is 0. The number of nitrogens with one attached hydrogen (secondary N) is 2. The Kier molecular flexibility index (Phi) is 4.60. The Labute approximate surface area is 135 Å². The van der Waals surface area contributed by atoms with Crippen LogP contribution >= 0.6 is 0 Å². The first-order valence-corrected chi connectivity index (χ1v) is 8.13. The molecular formula is C17H21N3O3. The SMILES string of the molecule is O=C1N[C@@H](CCC(=O)N2CCCCC2)C(=O)Nc2ccccc21. The molecule has 2 N–H and O–H groups in total. The number of carbonyl (C=O) groups excluding carboxylic acids is 3. The van der Waals surface area contributed by atoms with E-state index in [9.17, 15) is 14.4 Å². The maximum absolute atomic E-state index is 12.3. The summed E-state index contributed by atoms with van der Waals surface area (Å²) in [5.41, 5.74) is 0.963. The van der Waals surface area contributed by atoms with Gasteiger partial charge in [0, 0.05) is 19.5 Å². The smallest absolute Gasteiger partial charge is 0.254 e. The van der Waals surface area contributed by atoms with E-state index in [4.69, 9.17) is 0 Å². The summed E-state index contributed by atoms with van der Waals surface area (Å²) in [5, 5.41) is 5.48. The zero-order valence-corrected chi connectivity index (χ0v) is 13.0. The molecule has 2 aliphatic rings. The van der Waals surface area contributed by atoms with Gasteiger partial charge in [-0.25, -0.2) is 0 Å². The number of piperidine rings is 1. The zero-order valence-electron chi connectivity index (χ0n) is 13.0. The Morgan fingerprint density at radius 1 is 1.13 bits per heavy atom. The van der Waals surface area contributed by atoms with Gasteiger partial charge in [-0.05, 0) is 37.8 Å². The van der Waals surface area contributed by atoms with E-state index >= 15 is 0 Å². The fourth-order valence-electron chi connectivity index (χ4n) is 3.08. The van der Waals surface area contributed by atoms with Gasteiger partial charge in [0.1, 0.15) is 6.04 Å². The highest BCUT2D eigenvalue weighted by Crippen LogP contribution is 2.19. The van der Waals surface area contributed by atoms with Crippen molar-refractivity contribution in [3.8, 4) is 0 Å². The third-order valence-electron chi connectivity index (χ3n) is 4.41. The van der Waals surface area contributed by atoms with Crippen LogP contribution in [0.4, 0.5) is 5.69 Å². The number of para-hydroxylation sites is 1. The van der Waals surface area contributed by atoms with Gasteiger partial charge in [-0.3, -0.25) is 14.4 Å². The standard InChI is InChI=1S/C17H21N3O3/c21-15(20-10-4-1-5-11-20)9-8-14-17(23)18-13-7-3-2-6-12(13)16(22)19-14/h2-3,6-7,14H,1,4-5,8-11H2,(H,18,23)(H,19,22)/t14-/m0/s1. The molecule has 3 rings (SSSR count). The fraction of sp³-hybridized carbons (Fsp3) is 0.471. The number of benzene rings is 1. The van der Waals surface area contributed by atoms with Gasteiger partial charge in [-0.1, -0.05) is 12.1 Å². The fourth-order valence-corrected chi connectivity index (χ4v) is 3.08. The first-order chi connectivity index (χ1) is 11.1. The van der Waals surface area contributed by atoms with Gasteiger partial charge in [-0.2, -0.15) is 0 Å². The van der Waals surface area contributed by atoms with Crippen LogP contribution in [0.25, 0.3) is 0 Å². The summed E-state index contributed by atoms with van der Waals surface area (Å²) in [6, 6.07) is 6.22. The molecule has 1 aromatic rings. The van der Waals surface area contributed by atoms with Crippen molar-refractivity contribution >= 4 is 23.4 Å². The summed E-state index contributed by atoms with van der Waals surface area (Å²) >= 11 is 0. The van der Waals surface area contributed by atoms with Crippen LogP contribution in [0.2, 0.25) is 0 Å². The number of amides is 3. The summed E-state index contributed by atoms with van der Waals surface area (Å²) in [6.45, 7) is 1.60. The number of anilines is 1. The quantitative estimate of drug-likeness (QED) is 0.888. The van der Waals surface area contributed by atoms with Gasteiger partial charge in [-0.15, -0.1) is 0 Å². The van der Waals surface area contributed by atoms with Gasteiger partial charge >= 0.3 is 0 Å². The number of carbonyl (C=O) groups is 3. The van der Waals surface area contributed by atoms with Crippen molar-refractivity contribution in [1.82, 2.24) is 10.2 Å². The van der Waals surface area contributed by atoms with Crippen molar-refractivity contribution in [1.29, 1.82) is 0 Å². The second kappa shape index (κ2) is 6.81. The number of rotatable bonds is 3. The van der Waals surface area contributed by atoms with E-state index in [0.29, 0.717) is 17.7 Å². The lowest BCUT2D eigenvalue weighted by atomic mass is 10.1. The van der Waals surface area contributed by atoms with E-state index in [1.807, 2.05) is 4.90 Å². The Hall–Kier alpha value is -2.37. The van der Waals surface area contributed by atoms with E-state index in [0.717, 1.165) is 25.9 Å². The average molecular weight is 315 g/mol. The molecule has 1 aromatic carbocycles.